The minimum Gasteiger partial charge on any atom is -0.315 e. The van der Waals surface area contributed by atoms with E-state index < -0.39 is 11.7 Å². The van der Waals surface area contributed by atoms with E-state index >= 15 is 0 Å². The summed E-state index contributed by atoms with van der Waals surface area (Å²) < 4.78 is 37.8. The van der Waals surface area contributed by atoms with E-state index in [1.807, 2.05) is 0 Å². The van der Waals surface area contributed by atoms with E-state index in [0.29, 0.717) is 5.56 Å². The Morgan fingerprint density at radius 3 is 2.68 bits per heavy atom. The zero-order chi connectivity index (χ0) is 13.9. The third kappa shape index (κ3) is 3.94. The molecule has 0 aromatic heterocycles. The highest BCUT2D eigenvalue weighted by Gasteiger charge is 2.30. The number of aryl methyl sites for hydroxylation is 1. The molecule has 1 aromatic rings. The number of hydrogen-bond donors (Lipinski definition) is 1. The van der Waals surface area contributed by atoms with Gasteiger partial charge >= 0.3 is 6.18 Å². The van der Waals surface area contributed by atoms with E-state index in [-0.39, 0.29) is 0 Å². The quantitative estimate of drug-likeness (QED) is 0.890. The Morgan fingerprint density at radius 1 is 1.21 bits per heavy atom. The Kier molecular flexibility index (Phi) is 4.47. The first-order valence-electron chi connectivity index (χ1n) is 6.56. The Morgan fingerprint density at radius 2 is 2.00 bits per heavy atom. The van der Waals surface area contributed by atoms with Crippen LogP contribution in [0.4, 0.5) is 13.2 Å². The van der Waals surface area contributed by atoms with Crippen molar-refractivity contribution in [1.82, 2.24) is 10.2 Å². The highest BCUT2D eigenvalue weighted by Crippen LogP contribution is 2.30. The summed E-state index contributed by atoms with van der Waals surface area (Å²) in [4.78, 5) is 2.29. The predicted octanol–water partition coefficient (Wildman–Crippen LogP) is 2.81. The van der Waals surface area contributed by atoms with Gasteiger partial charge in [-0.1, -0.05) is 6.07 Å². The van der Waals surface area contributed by atoms with Gasteiger partial charge in [-0.15, -0.1) is 0 Å². The van der Waals surface area contributed by atoms with Gasteiger partial charge in [-0.3, -0.25) is 4.90 Å². The van der Waals surface area contributed by atoms with Crippen molar-refractivity contribution >= 4 is 0 Å². The summed E-state index contributed by atoms with van der Waals surface area (Å²) in [5, 5.41) is 3.32. The molecule has 2 nitrogen and oxygen atoms in total. The van der Waals surface area contributed by atoms with Gasteiger partial charge in [0.05, 0.1) is 5.56 Å². The standard InChI is InChI=1S/C14H19F3N2/c1-11-9-13(14(15,16)17)4-3-12(11)10-19-7-2-5-18-6-8-19/h3-4,9,18H,2,5-8,10H2,1H3. The molecule has 1 heterocycles. The van der Waals surface area contributed by atoms with Crippen LogP contribution in [-0.4, -0.2) is 31.1 Å². The molecule has 0 aliphatic carbocycles. The molecule has 0 unspecified atom stereocenters. The van der Waals surface area contributed by atoms with Gasteiger partial charge in [0.1, 0.15) is 0 Å². The fourth-order valence-electron chi connectivity index (χ4n) is 2.35. The van der Waals surface area contributed by atoms with Crippen molar-refractivity contribution in [2.75, 3.05) is 26.2 Å². The third-order valence-corrected chi connectivity index (χ3v) is 3.50. The number of benzene rings is 1. The van der Waals surface area contributed by atoms with Crippen LogP contribution in [0.1, 0.15) is 23.1 Å². The van der Waals surface area contributed by atoms with E-state index in [1.54, 1.807) is 13.0 Å². The molecule has 1 N–H and O–H groups in total. The van der Waals surface area contributed by atoms with E-state index in [1.165, 1.54) is 12.1 Å². The third-order valence-electron chi connectivity index (χ3n) is 3.50. The topological polar surface area (TPSA) is 15.3 Å². The van der Waals surface area contributed by atoms with Crippen LogP contribution in [0.15, 0.2) is 18.2 Å². The van der Waals surface area contributed by atoms with Gasteiger partial charge in [-0.25, -0.2) is 0 Å². The lowest BCUT2D eigenvalue weighted by Gasteiger charge is -2.21. The minimum absolute atomic E-state index is 0.564. The van der Waals surface area contributed by atoms with Crippen molar-refractivity contribution in [2.45, 2.75) is 26.1 Å². The molecular formula is C14H19F3N2. The maximum absolute atomic E-state index is 12.6. The number of hydrogen-bond acceptors (Lipinski definition) is 2. The van der Waals surface area contributed by atoms with Gasteiger partial charge in [0.15, 0.2) is 0 Å². The summed E-state index contributed by atoms with van der Waals surface area (Å²) >= 11 is 0. The van der Waals surface area contributed by atoms with E-state index in [2.05, 4.69) is 10.2 Å². The average molecular weight is 272 g/mol. The van der Waals surface area contributed by atoms with Crippen molar-refractivity contribution in [2.24, 2.45) is 0 Å². The molecule has 0 bridgehead atoms. The van der Waals surface area contributed by atoms with Crippen molar-refractivity contribution in [3.63, 3.8) is 0 Å². The zero-order valence-corrected chi connectivity index (χ0v) is 11.1. The summed E-state index contributed by atoms with van der Waals surface area (Å²) in [6.45, 7) is 6.38. The molecule has 0 atom stereocenters. The molecule has 19 heavy (non-hydrogen) atoms. The monoisotopic (exact) mass is 272 g/mol. The summed E-state index contributed by atoms with van der Waals surface area (Å²) in [5.41, 5.74) is 1.13. The Labute approximate surface area is 111 Å². The van der Waals surface area contributed by atoms with E-state index in [9.17, 15) is 13.2 Å². The second kappa shape index (κ2) is 5.92. The van der Waals surface area contributed by atoms with Crippen molar-refractivity contribution in [3.05, 3.63) is 34.9 Å². The van der Waals surface area contributed by atoms with E-state index in [4.69, 9.17) is 0 Å². The number of halogens is 3. The Hall–Kier alpha value is -1.07. The zero-order valence-electron chi connectivity index (χ0n) is 11.1. The number of nitrogens with zero attached hydrogens (tertiary/aromatic N) is 1. The number of alkyl halides is 3. The fraction of sp³-hybridized carbons (Fsp3) is 0.571. The Balaban J connectivity index is 2.08. The SMILES string of the molecule is Cc1cc(C(F)(F)F)ccc1CN1CCCNCC1. The molecule has 5 heteroatoms. The van der Waals surface area contributed by atoms with Crippen LogP contribution in [0.5, 0.6) is 0 Å². The van der Waals surface area contributed by atoms with Crippen molar-refractivity contribution < 1.29 is 13.2 Å². The molecule has 1 aliphatic rings. The normalized spacial score (nSPS) is 18.3. The molecule has 1 saturated heterocycles. The van der Waals surface area contributed by atoms with E-state index in [0.717, 1.165) is 44.7 Å². The maximum atomic E-state index is 12.6. The summed E-state index contributed by atoms with van der Waals surface area (Å²) in [6.07, 6.45) is -3.17. The lowest BCUT2D eigenvalue weighted by Crippen LogP contribution is -2.28. The van der Waals surface area contributed by atoms with Crippen molar-refractivity contribution in [3.8, 4) is 0 Å². The molecular weight excluding hydrogens is 253 g/mol. The highest BCUT2D eigenvalue weighted by atomic mass is 19.4. The Bertz CT molecular complexity index is 421. The van der Waals surface area contributed by atoms with Gasteiger partial charge in [-0.2, -0.15) is 13.2 Å². The minimum atomic E-state index is -4.25. The molecule has 2 rings (SSSR count). The largest absolute Gasteiger partial charge is 0.416 e. The van der Waals surface area contributed by atoms with Crippen LogP contribution in [0.25, 0.3) is 0 Å². The van der Waals surface area contributed by atoms with Crippen LogP contribution in [0, 0.1) is 6.92 Å². The molecule has 0 radical (unpaired) electrons. The van der Waals surface area contributed by atoms with Crippen LogP contribution in [0.2, 0.25) is 0 Å². The second-order valence-electron chi connectivity index (χ2n) is 5.02. The lowest BCUT2D eigenvalue weighted by molar-refractivity contribution is -0.137. The van der Waals surface area contributed by atoms with Gasteiger partial charge in [0.25, 0.3) is 0 Å². The maximum Gasteiger partial charge on any atom is 0.416 e. The molecule has 1 aromatic carbocycles. The molecule has 0 saturated carbocycles. The van der Waals surface area contributed by atoms with Gasteiger partial charge in [-0.05, 0) is 49.7 Å². The van der Waals surface area contributed by atoms with Crippen LogP contribution < -0.4 is 5.32 Å². The highest BCUT2D eigenvalue weighted by molar-refractivity contribution is 5.32. The molecule has 1 aliphatic heterocycles. The van der Waals surface area contributed by atoms with Gasteiger partial charge < -0.3 is 5.32 Å². The second-order valence-corrected chi connectivity index (χ2v) is 5.02. The first-order valence-corrected chi connectivity index (χ1v) is 6.56. The van der Waals surface area contributed by atoms with Crippen LogP contribution in [0.3, 0.4) is 0 Å². The number of nitrogens with one attached hydrogen (secondary N) is 1. The smallest absolute Gasteiger partial charge is 0.315 e. The summed E-state index contributed by atoms with van der Waals surface area (Å²) in [6, 6.07) is 4.03. The first kappa shape index (κ1) is 14.3. The summed E-state index contributed by atoms with van der Waals surface area (Å²) in [5.74, 6) is 0. The lowest BCUT2D eigenvalue weighted by atomic mass is 10.0. The first-order chi connectivity index (χ1) is 8.97. The van der Waals surface area contributed by atoms with Crippen LogP contribution >= 0.6 is 0 Å². The molecule has 0 amide bonds. The number of rotatable bonds is 2. The summed E-state index contributed by atoms with van der Waals surface area (Å²) in [7, 11) is 0. The van der Waals surface area contributed by atoms with Crippen molar-refractivity contribution in [1.29, 1.82) is 0 Å². The average Bonchev–Trinajstić information content (AvgIpc) is 2.59. The van der Waals surface area contributed by atoms with Gasteiger partial charge in [0.2, 0.25) is 0 Å². The molecule has 1 fully saturated rings. The van der Waals surface area contributed by atoms with Crippen LogP contribution in [-0.2, 0) is 12.7 Å². The predicted molar refractivity (Wildman–Crippen MR) is 68.9 cm³/mol. The molecule has 106 valence electrons. The fourth-order valence-corrected chi connectivity index (χ4v) is 2.35. The molecule has 0 spiro atoms. The van der Waals surface area contributed by atoms with Gasteiger partial charge in [0, 0.05) is 19.6 Å².